The second-order valence-corrected chi connectivity index (χ2v) is 7.52. The van der Waals surface area contributed by atoms with Gasteiger partial charge < -0.3 is 5.73 Å². The second-order valence-electron chi connectivity index (χ2n) is 5.54. The molecule has 0 aliphatic rings. The van der Waals surface area contributed by atoms with Gasteiger partial charge >= 0.3 is 0 Å². The summed E-state index contributed by atoms with van der Waals surface area (Å²) in [4.78, 5) is 11.1. The molecule has 3 rings (SSSR count). The van der Waals surface area contributed by atoms with Gasteiger partial charge in [0.1, 0.15) is 0 Å². The number of H-pyrrole nitrogens is 1. The molecule has 0 bridgehead atoms. The molecule has 3 N–H and O–H groups in total. The second kappa shape index (κ2) is 6.44. The Bertz CT molecular complexity index is 1010. The van der Waals surface area contributed by atoms with Crippen LogP contribution in [0.1, 0.15) is 5.56 Å². The molecule has 1 aromatic heterocycles. The van der Waals surface area contributed by atoms with E-state index in [2.05, 4.69) is 20.6 Å². The molecule has 1 heterocycles. The average molecular weight is 357 g/mol. The van der Waals surface area contributed by atoms with Crippen molar-refractivity contribution in [1.82, 2.24) is 20.6 Å². The van der Waals surface area contributed by atoms with Crippen LogP contribution in [0.2, 0.25) is 0 Å². The van der Waals surface area contributed by atoms with Crippen LogP contribution in [0.15, 0.2) is 47.4 Å². The number of nitrogens with zero attached hydrogens (tertiary/aromatic N) is 3. The minimum Gasteiger partial charge on any atom is -0.369 e. The molecule has 0 aliphatic carbocycles. The zero-order chi connectivity index (χ0) is 18.0. The molecular formula is C16H15N5O3S. The van der Waals surface area contributed by atoms with Crippen LogP contribution in [0.25, 0.3) is 22.5 Å². The molecular weight excluding hydrogens is 342 g/mol. The number of aromatic amines is 1. The van der Waals surface area contributed by atoms with E-state index in [1.54, 1.807) is 36.4 Å². The van der Waals surface area contributed by atoms with Crippen LogP contribution < -0.4 is 5.73 Å². The summed E-state index contributed by atoms with van der Waals surface area (Å²) < 4.78 is 24.3. The van der Waals surface area contributed by atoms with E-state index in [0.29, 0.717) is 11.1 Å². The molecule has 0 spiro atoms. The summed E-state index contributed by atoms with van der Waals surface area (Å²) in [5, 5.41) is 13.5. The number of carbonyl (C=O) groups is 1. The van der Waals surface area contributed by atoms with E-state index in [4.69, 9.17) is 5.73 Å². The average Bonchev–Trinajstić information content (AvgIpc) is 3.08. The predicted octanol–water partition coefficient (Wildman–Crippen LogP) is 0.965. The molecule has 0 aliphatic heterocycles. The number of aromatic nitrogens is 4. The maximum atomic E-state index is 12.2. The van der Waals surface area contributed by atoms with Gasteiger partial charge in [-0.3, -0.25) is 4.79 Å². The van der Waals surface area contributed by atoms with Gasteiger partial charge in [0.25, 0.3) is 0 Å². The van der Waals surface area contributed by atoms with Crippen LogP contribution in [0, 0.1) is 0 Å². The van der Waals surface area contributed by atoms with Crippen molar-refractivity contribution in [2.24, 2.45) is 5.73 Å². The van der Waals surface area contributed by atoms with Gasteiger partial charge in [0, 0.05) is 11.8 Å². The van der Waals surface area contributed by atoms with Gasteiger partial charge in [0.2, 0.25) is 5.91 Å². The normalized spacial score (nSPS) is 11.4. The van der Waals surface area contributed by atoms with E-state index >= 15 is 0 Å². The molecule has 128 valence electrons. The Morgan fingerprint density at radius 2 is 1.88 bits per heavy atom. The Labute approximate surface area is 144 Å². The fourth-order valence-corrected chi connectivity index (χ4v) is 3.50. The highest BCUT2D eigenvalue weighted by Gasteiger charge is 2.21. The summed E-state index contributed by atoms with van der Waals surface area (Å²) in [6, 6.07) is 12.1. The van der Waals surface area contributed by atoms with Crippen LogP contribution in [0.3, 0.4) is 0 Å². The minimum atomic E-state index is -3.49. The molecule has 0 saturated carbocycles. The van der Waals surface area contributed by atoms with E-state index in [1.807, 2.05) is 0 Å². The number of sulfone groups is 1. The Hall–Kier alpha value is -3.07. The zero-order valence-electron chi connectivity index (χ0n) is 13.3. The third-order valence-electron chi connectivity index (χ3n) is 3.65. The van der Waals surface area contributed by atoms with Gasteiger partial charge in [-0.2, -0.15) is 0 Å². The van der Waals surface area contributed by atoms with E-state index in [1.165, 1.54) is 6.07 Å². The Morgan fingerprint density at radius 1 is 1.16 bits per heavy atom. The van der Waals surface area contributed by atoms with Gasteiger partial charge in [-0.1, -0.05) is 36.4 Å². The Morgan fingerprint density at radius 3 is 2.44 bits per heavy atom. The third kappa shape index (κ3) is 3.56. The lowest BCUT2D eigenvalue weighted by molar-refractivity contribution is -0.117. The van der Waals surface area contributed by atoms with Crippen molar-refractivity contribution in [3.63, 3.8) is 0 Å². The van der Waals surface area contributed by atoms with Gasteiger partial charge in [-0.15, -0.1) is 5.10 Å². The van der Waals surface area contributed by atoms with E-state index < -0.39 is 15.7 Å². The first-order valence-electron chi connectivity index (χ1n) is 7.31. The van der Waals surface area contributed by atoms with Crippen LogP contribution >= 0.6 is 0 Å². The molecule has 25 heavy (non-hydrogen) atoms. The molecule has 2 aromatic carbocycles. The van der Waals surface area contributed by atoms with Crippen molar-refractivity contribution in [3.8, 4) is 22.5 Å². The molecule has 3 aromatic rings. The first-order valence-corrected chi connectivity index (χ1v) is 9.20. The monoisotopic (exact) mass is 357 g/mol. The number of amides is 1. The number of nitrogens with two attached hydrogens (primary N) is 1. The van der Waals surface area contributed by atoms with E-state index in [9.17, 15) is 13.2 Å². The van der Waals surface area contributed by atoms with Gasteiger partial charge in [-0.05, 0) is 33.2 Å². The number of hydrogen-bond donors (Lipinski definition) is 2. The SMILES string of the molecule is CS(=O)(=O)c1cccc(-c2ccc(CC(N)=O)cc2)c1-c1nnn[nH]1. The summed E-state index contributed by atoms with van der Waals surface area (Å²) in [6.07, 6.45) is 1.28. The van der Waals surface area contributed by atoms with Crippen molar-refractivity contribution < 1.29 is 13.2 Å². The lowest BCUT2D eigenvalue weighted by Crippen LogP contribution is -2.13. The number of carbonyl (C=O) groups excluding carboxylic acids is 1. The summed E-state index contributed by atoms with van der Waals surface area (Å²) in [6.45, 7) is 0. The lowest BCUT2D eigenvalue weighted by atomic mass is 9.97. The maximum absolute atomic E-state index is 12.2. The van der Waals surface area contributed by atoms with Crippen molar-refractivity contribution in [2.75, 3.05) is 6.26 Å². The summed E-state index contributed by atoms with van der Waals surface area (Å²) >= 11 is 0. The quantitative estimate of drug-likeness (QED) is 0.699. The van der Waals surface area contributed by atoms with E-state index in [-0.39, 0.29) is 17.1 Å². The molecule has 0 radical (unpaired) electrons. The number of benzene rings is 2. The Kier molecular flexibility index (Phi) is 4.32. The van der Waals surface area contributed by atoms with Gasteiger partial charge in [0.15, 0.2) is 15.7 Å². The topological polar surface area (TPSA) is 132 Å². The minimum absolute atomic E-state index is 0.129. The third-order valence-corrected chi connectivity index (χ3v) is 4.79. The van der Waals surface area contributed by atoms with E-state index in [0.717, 1.165) is 17.4 Å². The summed E-state index contributed by atoms with van der Waals surface area (Å²) in [7, 11) is -3.49. The predicted molar refractivity (Wildman–Crippen MR) is 91.1 cm³/mol. The number of tetrazole rings is 1. The fraction of sp³-hybridized carbons (Fsp3) is 0.125. The molecule has 0 saturated heterocycles. The summed E-state index contributed by atoms with van der Waals surface area (Å²) in [5.41, 5.74) is 7.80. The summed E-state index contributed by atoms with van der Waals surface area (Å²) in [5.74, 6) is -0.155. The van der Waals surface area contributed by atoms with Crippen molar-refractivity contribution >= 4 is 15.7 Å². The standard InChI is InChI=1S/C16H15N5O3S/c1-25(23,24)13-4-2-3-12(15(13)16-18-20-21-19-16)11-7-5-10(6-8-11)9-14(17)22/h2-8H,9H2,1H3,(H2,17,22)(H,18,19,20,21). The number of nitrogens with one attached hydrogen (secondary N) is 1. The first-order chi connectivity index (χ1) is 11.9. The molecule has 0 atom stereocenters. The van der Waals surface area contributed by atoms with Crippen LogP contribution in [0.5, 0.6) is 0 Å². The smallest absolute Gasteiger partial charge is 0.221 e. The van der Waals surface area contributed by atoms with Crippen LogP contribution in [-0.2, 0) is 21.1 Å². The van der Waals surface area contributed by atoms with Crippen molar-refractivity contribution in [1.29, 1.82) is 0 Å². The maximum Gasteiger partial charge on any atom is 0.221 e. The highest BCUT2D eigenvalue weighted by atomic mass is 32.2. The van der Waals surface area contributed by atoms with Crippen molar-refractivity contribution in [2.45, 2.75) is 11.3 Å². The molecule has 0 fully saturated rings. The largest absolute Gasteiger partial charge is 0.369 e. The highest BCUT2D eigenvalue weighted by Crippen LogP contribution is 2.35. The molecule has 0 unspecified atom stereocenters. The van der Waals surface area contributed by atoms with Gasteiger partial charge in [-0.25, -0.2) is 13.5 Å². The van der Waals surface area contributed by atoms with Gasteiger partial charge in [0.05, 0.1) is 11.3 Å². The van der Waals surface area contributed by atoms with Crippen molar-refractivity contribution in [3.05, 3.63) is 48.0 Å². The lowest BCUT2D eigenvalue weighted by Gasteiger charge is -2.12. The zero-order valence-corrected chi connectivity index (χ0v) is 14.1. The Balaban J connectivity index is 2.18. The number of hydrogen-bond acceptors (Lipinski definition) is 6. The van der Waals surface area contributed by atoms with Crippen LogP contribution in [0.4, 0.5) is 0 Å². The fourth-order valence-electron chi connectivity index (χ4n) is 2.59. The molecule has 9 heteroatoms. The first kappa shape index (κ1) is 16.8. The number of primary amides is 1. The molecule has 1 amide bonds. The van der Waals surface area contributed by atoms with Crippen LogP contribution in [-0.4, -0.2) is 41.2 Å². The molecule has 8 nitrogen and oxygen atoms in total. The number of rotatable bonds is 5. The highest BCUT2D eigenvalue weighted by molar-refractivity contribution is 7.90.